The van der Waals surface area contributed by atoms with Crippen LogP contribution in [0.5, 0.6) is 0 Å². The van der Waals surface area contributed by atoms with Gasteiger partial charge in [0.15, 0.2) is 5.96 Å². The van der Waals surface area contributed by atoms with E-state index in [9.17, 15) is 0 Å². The van der Waals surface area contributed by atoms with Crippen LogP contribution < -0.4 is 22.5 Å². The van der Waals surface area contributed by atoms with E-state index in [4.69, 9.17) is 16.1 Å². The van der Waals surface area contributed by atoms with Crippen LogP contribution in [0.15, 0.2) is 4.99 Å². The fourth-order valence-electron chi connectivity index (χ4n) is 4.22. The highest BCUT2D eigenvalue weighted by molar-refractivity contribution is 5.71. The lowest BCUT2D eigenvalue weighted by Crippen LogP contribution is -2.39. The molecule has 6 heteroatoms. The number of aliphatic imine (C=N–C) groups is 1. The molecular weight excluding hydrogens is 300 g/mol. The number of nitrogens with zero attached hydrogens (tertiary/aromatic N) is 1. The largest absolute Gasteiger partial charge is 0.390 e. The predicted molar refractivity (Wildman–Crippen MR) is 103 cm³/mol. The summed E-state index contributed by atoms with van der Waals surface area (Å²) in [6.45, 7) is 2.50. The van der Waals surface area contributed by atoms with Gasteiger partial charge in [-0.25, -0.2) is 0 Å². The lowest BCUT2D eigenvalue weighted by Gasteiger charge is -2.42. The second-order valence-corrected chi connectivity index (χ2v) is 7.19. The summed E-state index contributed by atoms with van der Waals surface area (Å²) in [5.41, 5.74) is 14.7. The Labute approximate surface area is 147 Å². The second-order valence-electron chi connectivity index (χ2n) is 7.19. The third-order valence-corrected chi connectivity index (χ3v) is 5.37. The average Bonchev–Trinajstić information content (AvgIpc) is 3.16. The van der Waals surface area contributed by atoms with E-state index in [2.05, 4.69) is 16.8 Å². The molecule has 24 heavy (non-hydrogen) atoms. The van der Waals surface area contributed by atoms with Gasteiger partial charge in [-0.1, -0.05) is 38.5 Å². The van der Waals surface area contributed by atoms with Crippen LogP contribution >= 0.6 is 0 Å². The van der Waals surface area contributed by atoms with E-state index in [-0.39, 0.29) is 11.5 Å². The Hall–Kier alpha value is -1.30. The number of nitrogens with one attached hydrogen (secondary N) is 2. The maximum atomic E-state index is 6.06. The Morgan fingerprint density at radius 3 is 1.83 bits per heavy atom. The molecule has 0 radical (unpaired) electrons. The fraction of sp³-hybridized carbons (Fsp3) is 0.889. The molecule has 1 saturated heterocycles. The Morgan fingerprint density at radius 1 is 0.917 bits per heavy atom. The monoisotopic (exact) mass is 338 g/mol. The minimum Gasteiger partial charge on any atom is -0.390 e. The van der Waals surface area contributed by atoms with Crippen molar-refractivity contribution in [2.75, 3.05) is 13.1 Å². The minimum atomic E-state index is -0.333. The predicted octanol–water partition coefficient (Wildman–Crippen LogP) is 2.46. The van der Waals surface area contributed by atoms with E-state index in [1.54, 1.807) is 6.34 Å². The summed E-state index contributed by atoms with van der Waals surface area (Å²) in [6.07, 6.45) is 18.0. The lowest BCUT2D eigenvalue weighted by atomic mass is 9.68. The Kier molecular flexibility index (Phi) is 10.5. The molecular formula is C18H38N6. The van der Waals surface area contributed by atoms with Crippen molar-refractivity contribution < 1.29 is 0 Å². The van der Waals surface area contributed by atoms with Gasteiger partial charge in [-0.05, 0) is 57.5 Å². The Bertz CT molecular complexity index is 341. The number of hydrogen-bond acceptors (Lipinski definition) is 3. The highest BCUT2D eigenvalue weighted by Gasteiger charge is 2.39. The maximum absolute atomic E-state index is 6.06. The van der Waals surface area contributed by atoms with Crippen molar-refractivity contribution in [3.8, 4) is 0 Å². The Morgan fingerprint density at radius 2 is 1.42 bits per heavy atom. The van der Waals surface area contributed by atoms with Gasteiger partial charge in [0.1, 0.15) is 0 Å². The quantitative estimate of drug-likeness (QED) is 0.391. The molecule has 8 N–H and O–H groups in total. The molecule has 0 unspecified atom stereocenters. The molecule has 1 aliphatic heterocycles. The summed E-state index contributed by atoms with van der Waals surface area (Å²) in [7, 11) is 0. The van der Waals surface area contributed by atoms with Gasteiger partial charge in [-0.15, -0.1) is 0 Å². The number of rotatable bonds is 2. The van der Waals surface area contributed by atoms with E-state index in [0.29, 0.717) is 0 Å². The summed E-state index contributed by atoms with van der Waals surface area (Å²) in [5.74, 6) is 0.492. The molecule has 0 bridgehead atoms. The second kappa shape index (κ2) is 12.1. The van der Waals surface area contributed by atoms with E-state index in [1.807, 2.05) is 0 Å². The third kappa shape index (κ3) is 7.99. The highest BCUT2D eigenvalue weighted by atomic mass is 14.9. The van der Waals surface area contributed by atoms with Gasteiger partial charge in [-0.3, -0.25) is 10.4 Å². The van der Waals surface area contributed by atoms with E-state index in [0.717, 1.165) is 5.92 Å². The zero-order valence-corrected chi connectivity index (χ0v) is 15.2. The molecule has 1 heterocycles. The first kappa shape index (κ1) is 20.7. The van der Waals surface area contributed by atoms with Crippen LogP contribution in [0.4, 0.5) is 0 Å². The van der Waals surface area contributed by atoms with Gasteiger partial charge >= 0.3 is 0 Å². The van der Waals surface area contributed by atoms with Crippen LogP contribution in [0.25, 0.3) is 0 Å². The average molecular weight is 339 g/mol. The number of nitrogens with two attached hydrogens (primary N) is 3. The molecule has 0 aromatic heterocycles. The molecule has 3 fully saturated rings. The van der Waals surface area contributed by atoms with Crippen molar-refractivity contribution in [2.45, 2.75) is 82.6 Å². The van der Waals surface area contributed by atoms with Crippen molar-refractivity contribution in [3.05, 3.63) is 0 Å². The molecule has 2 aliphatic carbocycles. The summed E-state index contributed by atoms with van der Waals surface area (Å²) in [6, 6.07) is 0. The molecule has 140 valence electrons. The van der Waals surface area contributed by atoms with Crippen LogP contribution in [0.3, 0.4) is 0 Å². The molecule has 0 aromatic rings. The number of guanidine groups is 1. The van der Waals surface area contributed by atoms with Crippen molar-refractivity contribution in [1.82, 2.24) is 5.32 Å². The molecule has 3 aliphatic rings. The van der Waals surface area contributed by atoms with Crippen molar-refractivity contribution in [2.24, 2.45) is 28.1 Å². The van der Waals surface area contributed by atoms with Crippen LogP contribution in [0.1, 0.15) is 77.0 Å². The first-order valence-electron chi connectivity index (χ1n) is 9.66. The minimum absolute atomic E-state index is 0.243. The summed E-state index contributed by atoms with van der Waals surface area (Å²) in [4.78, 5) is 4.69. The number of hydrogen-bond donors (Lipinski definition) is 5. The third-order valence-electron chi connectivity index (χ3n) is 5.37. The van der Waals surface area contributed by atoms with Gasteiger partial charge in [0.2, 0.25) is 0 Å². The highest BCUT2D eigenvalue weighted by Crippen LogP contribution is 2.44. The SMILES string of the molecule is C1CCNC1.N=C(N)N.NC=NC1(C2CCCCC2)CCCCC1. The van der Waals surface area contributed by atoms with Gasteiger partial charge in [0.05, 0.1) is 11.9 Å². The maximum Gasteiger partial charge on any atom is 0.183 e. The topological polar surface area (TPSA) is 126 Å². The van der Waals surface area contributed by atoms with Gasteiger partial charge in [-0.2, -0.15) is 0 Å². The molecule has 0 atom stereocenters. The van der Waals surface area contributed by atoms with Crippen molar-refractivity contribution in [3.63, 3.8) is 0 Å². The molecule has 0 spiro atoms. The smallest absolute Gasteiger partial charge is 0.183 e. The van der Waals surface area contributed by atoms with Crippen molar-refractivity contribution >= 4 is 12.3 Å². The van der Waals surface area contributed by atoms with Crippen LogP contribution in [0, 0.1) is 11.3 Å². The van der Waals surface area contributed by atoms with Gasteiger partial charge in [0, 0.05) is 0 Å². The molecule has 2 saturated carbocycles. The lowest BCUT2D eigenvalue weighted by molar-refractivity contribution is 0.157. The summed E-state index contributed by atoms with van der Waals surface area (Å²) < 4.78 is 0. The van der Waals surface area contributed by atoms with Crippen LogP contribution in [-0.4, -0.2) is 30.9 Å². The molecule has 3 rings (SSSR count). The van der Waals surface area contributed by atoms with Crippen LogP contribution in [0.2, 0.25) is 0 Å². The van der Waals surface area contributed by atoms with E-state index < -0.39 is 0 Å². The molecule has 0 aromatic carbocycles. The van der Waals surface area contributed by atoms with Crippen LogP contribution in [-0.2, 0) is 0 Å². The standard InChI is InChI=1S/C13H24N2.C4H9N.CH5N3/c14-11-15-13(9-5-2-6-10-13)12-7-3-1-4-8-12;1-2-4-5-3-1;2-1(3)4/h11-12H,1-10H2,(H2,14,15);5H,1-4H2;(H5,2,3,4). The molecule has 0 amide bonds. The van der Waals surface area contributed by atoms with E-state index in [1.165, 1.54) is 90.1 Å². The summed E-state index contributed by atoms with van der Waals surface area (Å²) in [5, 5.41) is 9.28. The first-order chi connectivity index (χ1) is 11.6. The van der Waals surface area contributed by atoms with Crippen molar-refractivity contribution in [1.29, 1.82) is 5.41 Å². The van der Waals surface area contributed by atoms with Gasteiger partial charge in [0.25, 0.3) is 0 Å². The van der Waals surface area contributed by atoms with E-state index >= 15 is 0 Å². The zero-order valence-electron chi connectivity index (χ0n) is 15.2. The normalized spacial score (nSPS) is 23.7. The van der Waals surface area contributed by atoms with Gasteiger partial charge < -0.3 is 22.5 Å². The summed E-state index contributed by atoms with van der Waals surface area (Å²) >= 11 is 0. The Balaban J connectivity index is 0.000000263. The fourth-order valence-corrected chi connectivity index (χ4v) is 4.22. The molecule has 6 nitrogen and oxygen atoms in total. The first-order valence-corrected chi connectivity index (χ1v) is 9.66. The zero-order chi connectivity index (χ0) is 17.7.